The molecule has 0 atom stereocenters. The van der Waals surface area contributed by atoms with Crippen molar-refractivity contribution in [2.75, 3.05) is 11.1 Å². The van der Waals surface area contributed by atoms with Crippen molar-refractivity contribution in [1.29, 1.82) is 0 Å². The second-order valence-electron chi connectivity index (χ2n) is 7.97. The van der Waals surface area contributed by atoms with Crippen molar-refractivity contribution in [3.63, 3.8) is 0 Å². The maximum atomic E-state index is 12.4. The number of hydrogen-bond donors (Lipinski definition) is 1. The third kappa shape index (κ3) is 4.32. The number of ether oxygens (including phenoxy) is 1. The Morgan fingerprint density at radius 1 is 1.29 bits per heavy atom. The number of thiophene rings is 1. The fraction of sp³-hybridized carbons (Fsp3) is 0.273. The topological polar surface area (TPSA) is 77.0 Å². The van der Waals surface area contributed by atoms with E-state index < -0.39 is 0 Å². The average molecular weight is 515 g/mol. The summed E-state index contributed by atoms with van der Waals surface area (Å²) in [6.07, 6.45) is 2.35. The quantitative estimate of drug-likeness (QED) is 0.282. The second-order valence-corrected chi connectivity index (χ2v) is 10.9. The molecule has 0 radical (unpaired) electrons. The predicted octanol–water partition coefficient (Wildman–Crippen LogP) is 5.58. The normalized spacial score (nSPS) is 15.2. The first-order chi connectivity index (χ1) is 14.9. The van der Waals surface area contributed by atoms with E-state index in [1.807, 2.05) is 24.3 Å². The Bertz CT molecular complexity index is 1300. The summed E-state index contributed by atoms with van der Waals surface area (Å²) in [5.41, 5.74) is 3.65. The van der Waals surface area contributed by atoms with Crippen molar-refractivity contribution in [3.8, 4) is 0 Å². The van der Waals surface area contributed by atoms with Crippen LogP contribution in [0.2, 0.25) is 0 Å². The number of benzene rings is 1. The Morgan fingerprint density at radius 3 is 2.90 bits per heavy atom. The van der Waals surface area contributed by atoms with Crippen LogP contribution in [0.3, 0.4) is 0 Å². The second kappa shape index (κ2) is 8.12. The smallest absolute Gasteiger partial charge is 0.234 e. The van der Waals surface area contributed by atoms with E-state index >= 15 is 0 Å². The molecule has 3 aromatic heterocycles. The van der Waals surface area contributed by atoms with Crippen molar-refractivity contribution < 1.29 is 9.53 Å². The highest BCUT2D eigenvalue weighted by Crippen LogP contribution is 2.38. The summed E-state index contributed by atoms with van der Waals surface area (Å²) < 4.78 is 7.89. The molecule has 158 valence electrons. The minimum absolute atomic E-state index is 0.0758. The number of halogens is 1. The van der Waals surface area contributed by atoms with Crippen molar-refractivity contribution >= 4 is 71.1 Å². The molecule has 5 rings (SSSR count). The number of carbonyl (C=O) groups excluding carboxylic acids is 1. The Kier molecular flexibility index (Phi) is 5.45. The molecule has 1 aliphatic rings. The molecule has 1 amide bonds. The zero-order valence-electron chi connectivity index (χ0n) is 16.9. The fourth-order valence-electron chi connectivity index (χ4n) is 3.53. The van der Waals surface area contributed by atoms with E-state index in [4.69, 9.17) is 9.72 Å². The third-order valence-electron chi connectivity index (χ3n) is 5.06. The molecule has 0 fully saturated rings. The lowest BCUT2D eigenvalue weighted by molar-refractivity contribution is -0.113. The summed E-state index contributed by atoms with van der Waals surface area (Å²) in [6.45, 7) is 4.74. The van der Waals surface area contributed by atoms with Crippen LogP contribution in [0.25, 0.3) is 20.4 Å². The summed E-state index contributed by atoms with van der Waals surface area (Å²) in [5.74, 6) is 0.190. The number of pyridine rings is 1. The largest absolute Gasteiger partial charge is 0.370 e. The van der Waals surface area contributed by atoms with Gasteiger partial charge in [0.05, 0.1) is 33.9 Å². The first-order valence-corrected chi connectivity index (χ1v) is 12.4. The molecule has 31 heavy (non-hydrogen) atoms. The summed E-state index contributed by atoms with van der Waals surface area (Å²) >= 11 is 6.39. The summed E-state index contributed by atoms with van der Waals surface area (Å²) in [4.78, 5) is 27.2. The van der Waals surface area contributed by atoms with E-state index in [2.05, 4.69) is 51.1 Å². The van der Waals surface area contributed by atoms with Gasteiger partial charge in [-0.15, -0.1) is 11.3 Å². The lowest BCUT2D eigenvalue weighted by atomic mass is 9.95. The molecule has 0 aliphatic carbocycles. The van der Waals surface area contributed by atoms with Crippen molar-refractivity contribution in [3.05, 3.63) is 52.4 Å². The Morgan fingerprint density at radius 2 is 2.10 bits per heavy atom. The van der Waals surface area contributed by atoms with Gasteiger partial charge in [-0.2, -0.15) is 0 Å². The molecular formula is C22H19BrN4O2S2. The summed E-state index contributed by atoms with van der Waals surface area (Å²) in [6, 6.07) is 9.66. The third-order valence-corrected chi connectivity index (χ3v) is 7.80. The molecule has 4 aromatic rings. The minimum atomic E-state index is -0.201. The number of aromatic nitrogens is 3. The van der Waals surface area contributed by atoms with Gasteiger partial charge in [0.15, 0.2) is 0 Å². The molecule has 6 nitrogen and oxygen atoms in total. The molecular weight excluding hydrogens is 496 g/mol. The van der Waals surface area contributed by atoms with Gasteiger partial charge in [0.25, 0.3) is 0 Å². The molecule has 4 heterocycles. The molecule has 0 spiro atoms. The van der Waals surface area contributed by atoms with Gasteiger partial charge in [0.2, 0.25) is 5.91 Å². The number of thioether (sulfide) groups is 1. The Labute approximate surface area is 196 Å². The van der Waals surface area contributed by atoms with Crippen LogP contribution in [-0.2, 0) is 22.6 Å². The molecule has 1 aromatic carbocycles. The number of carbonyl (C=O) groups is 1. The lowest BCUT2D eigenvalue weighted by Gasteiger charge is -2.30. The highest BCUT2D eigenvalue weighted by atomic mass is 79.9. The van der Waals surface area contributed by atoms with E-state index in [-0.39, 0.29) is 17.3 Å². The number of hydrogen-bond acceptors (Lipinski definition) is 7. The highest BCUT2D eigenvalue weighted by molar-refractivity contribution is 9.10. The van der Waals surface area contributed by atoms with Crippen molar-refractivity contribution in [2.24, 2.45) is 0 Å². The van der Waals surface area contributed by atoms with E-state index in [1.54, 1.807) is 17.7 Å². The summed E-state index contributed by atoms with van der Waals surface area (Å²) in [7, 11) is 0. The van der Waals surface area contributed by atoms with Gasteiger partial charge in [-0.1, -0.05) is 27.7 Å². The van der Waals surface area contributed by atoms with Crippen molar-refractivity contribution in [1.82, 2.24) is 15.0 Å². The molecule has 0 bridgehead atoms. The molecule has 0 unspecified atom stereocenters. The van der Waals surface area contributed by atoms with Crippen LogP contribution in [-0.4, -0.2) is 32.2 Å². The highest BCUT2D eigenvalue weighted by Gasteiger charge is 2.28. The van der Waals surface area contributed by atoms with Gasteiger partial charge in [-0.05, 0) is 44.2 Å². The SMILES string of the molecule is CC1(C)Cc2nc3sc4c(SCC(=O)Nc5ccc(Br)cc5)ncnc4c3cc2CO1. The fourth-order valence-corrected chi connectivity index (χ4v) is 5.80. The Balaban J connectivity index is 1.40. The van der Waals surface area contributed by atoms with E-state index in [0.717, 1.165) is 53.3 Å². The number of anilines is 1. The standard InChI is InChI=1S/C22H19BrN4O2S2/c1-22(2)8-16-12(9-29-22)7-15-18-19(31-20(15)27-16)21(25-11-24-18)30-10-17(28)26-14-5-3-13(23)4-6-14/h3-7,11H,8-10H2,1-2H3,(H,26,28). The average Bonchev–Trinajstić information content (AvgIpc) is 3.09. The molecule has 0 saturated carbocycles. The van der Waals surface area contributed by atoms with Gasteiger partial charge in [0, 0.05) is 27.5 Å². The number of rotatable bonds is 4. The van der Waals surface area contributed by atoms with E-state index in [9.17, 15) is 4.79 Å². The number of nitrogens with one attached hydrogen (secondary N) is 1. The van der Waals surface area contributed by atoms with Crippen LogP contribution in [0.5, 0.6) is 0 Å². The minimum Gasteiger partial charge on any atom is -0.370 e. The first-order valence-electron chi connectivity index (χ1n) is 9.76. The van der Waals surface area contributed by atoms with Gasteiger partial charge in [0.1, 0.15) is 16.2 Å². The van der Waals surface area contributed by atoms with Crippen LogP contribution < -0.4 is 5.32 Å². The summed E-state index contributed by atoms with van der Waals surface area (Å²) in [5, 5.41) is 4.73. The predicted molar refractivity (Wildman–Crippen MR) is 129 cm³/mol. The van der Waals surface area contributed by atoms with E-state index in [0.29, 0.717) is 6.61 Å². The van der Waals surface area contributed by atoms with Crippen molar-refractivity contribution in [2.45, 2.75) is 37.5 Å². The van der Waals surface area contributed by atoms with Crippen LogP contribution in [0, 0.1) is 0 Å². The van der Waals surface area contributed by atoms with Gasteiger partial charge >= 0.3 is 0 Å². The maximum Gasteiger partial charge on any atom is 0.234 e. The van der Waals surface area contributed by atoms with Gasteiger partial charge in [-0.25, -0.2) is 15.0 Å². The van der Waals surface area contributed by atoms with Gasteiger partial charge in [-0.3, -0.25) is 4.79 Å². The number of fused-ring (bicyclic) bond motifs is 4. The van der Waals surface area contributed by atoms with Crippen LogP contribution in [0.15, 0.2) is 46.2 Å². The maximum absolute atomic E-state index is 12.4. The number of nitrogens with zero attached hydrogens (tertiary/aromatic N) is 3. The Hall–Kier alpha value is -2.07. The zero-order chi connectivity index (χ0) is 21.6. The van der Waals surface area contributed by atoms with Crippen LogP contribution >= 0.6 is 39.0 Å². The van der Waals surface area contributed by atoms with Crippen LogP contribution in [0.4, 0.5) is 5.69 Å². The molecule has 9 heteroatoms. The molecule has 1 aliphatic heterocycles. The lowest BCUT2D eigenvalue weighted by Crippen LogP contribution is -2.32. The number of amides is 1. The molecule has 1 N–H and O–H groups in total. The van der Waals surface area contributed by atoms with Crippen LogP contribution in [0.1, 0.15) is 25.1 Å². The van der Waals surface area contributed by atoms with E-state index in [1.165, 1.54) is 11.8 Å². The first kappa shape index (κ1) is 20.8. The zero-order valence-corrected chi connectivity index (χ0v) is 20.2. The monoisotopic (exact) mass is 514 g/mol. The molecule has 0 saturated heterocycles. The van der Waals surface area contributed by atoms with Gasteiger partial charge < -0.3 is 10.1 Å².